The topological polar surface area (TPSA) is 46.3 Å². The summed E-state index contributed by atoms with van der Waals surface area (Å²) in [6, 6.07) is 16.5. The Labute approximate surface area is 143 Å². The Kier molecular flexibility index (Phi) is 5.67. The molecule has 0 aliphatic heterocycles. The fourth-order valence-corrected chi connectivity index (χ4v) is 3.19. The molecule has 0 atom stereocenters. The van der Waals surface area contributed by atoms with Crippen LogP contribution in [-0.4, -0.2) is 23.9 Å². The Morgan fingerprint density at radius 2 is 1.65 bits per heavy atom. The Morgan fingerprint density at radius 1 is 1.09 bits per heavy atom. The van der Waals surface area contributed by atoms with Crippen molar-refractivity contribution in [1.29, 1.82) is 0 Å². The highest BCUT2D eigenvalue weighted by molar-refractivity contribution is 5.85. The van der Waals surface area contributed by atoms with Crippen LogP contribution in [0.1, 0.15) is 23.1 Å². The molecule has 2 aromatic carbocycles. The van der Waals surface area contributed by atoms with Gasteiger partial charge < -0.3 is 10.6 Å². The molecule has 3 rings (SSSR count). The average molecular weight is 331 g/mol. The van der Waals surface area contributed by atoms with E-state index in [1.807, 2.05) is 36.2 Å². The number of anilines is 1. The molecule has 23 heavy (non-hydrogen) atoms. The van der Waals surface area contributed by atoms with E-state index in [4.69, 9.17) is 5.73 Å². The van der Waals surface area contributed by atoms with Crippen molar-refractivity contribution in [3.63, 3.8) is 0 Å². The molecule has 4 heteroatoms. The lowest BCUT2D eigenvalue weighted by atomic mass is 10.1. The number of hydrogen-bond acceptors (Lipinski definition) is 2. The van der Waals surface area contributed by atoms with E-state index in [0.717, 1.165) is 24.1 Å². The summed E-state index contributed by atoms with van der Waals surface area (Å²) in [5.74, 6) is 0.195. The number of nitrogen functional groups attached to an aromatic ring is 1. The predicted octanol–water partition coefficient (Wildman–Crippen LogP) is 3.25. The number of aryl methyl sites for hydroxylation is 1. The summed E-state index contributed by atoms with van der Waals surface area (Å²) in [7, 11) is 1.92. The third kappa shape index (κ3) is 3.85. The second kappa shape index (κ2) is 7.51. The maximum atomic E-state index is 12.5. The second-order valence-corrected chi connectivity index (χ2v) is 6.03. The van der Waals surface area contributed by atoms with Gasteiger partial charge in [0, 0.05) is 25.2 Å². The molecule has 0 saturated carbocycles. The van der Waals surface area contributed by atoms with Crippen molar-refractivity contribution in [2.45, 2.75) is 31.7 Å². The number of amides is 1. The second-order valence-electron chi connectivity index (χ2n) is 6.03. The number of carbonyl (C=O) groups excluding carboxylic acids is 1. The first kappa shape index (κ1) is 17.4. The SMILES string of the molecule is CN(C(=O)CCc1ccccc1N)C1Cc2ccccc2C1.Cl. The van der Waals surface area contributed by atoms with Gasteiger partial charge in [0.1, 0.15) is 0 Å². The Balaban J connectivity index is 0.00000192. The van der Waals surface area contributed by atoms with Crippen molar-refractivity contribution in [1.82, 2.24) is 4.90 Å². The van der Waals surface area contributed by atoms with Crippen LogP contribution in [0.2, 0.25) is 0 Å². The van der Waals surface area contributed by atoms with Gasteiger partial charge in [0.2, 0.25) is 5.91 Å². The number of rotatable bonds is 4. The number of para-hydroxylation sites is 1. The minimum absolute atomic E-state index is 0. The highest BCUT2D eigenvalue weighted by atomic mass is 35.5. The molecule has 2 N–H and O–H groups in total. The van der Waals surface area contributed by atoms with Gasteiger partial charge in [-0.25, -0.2) is 0 Å². The van der Waals surface area contributed by atoms with Crippen molar-refractivity contribution in [2.75, 3.05) is 12.8 Å². The van der Waals surface area contributed by atoms with E-state index >= 15 is 0 Å². The summed E-state index contributed by atoms with van der Waals surface area (Å²) < 4.78 is 0. The molecule has 0 radical (unpaired) electrons. The Hall–Kier alpha value is -2.00. The number of halogens is 1. The fraction of sp³-hybridized carbons (Fsp3) is 0.316. The number of nitrogens with two attached hydrogens (primary N) is 1. The number of hydrogen-bond donors (Lipinski definition) is 1. The first-order chi connectivity index (χ1) is 10.6. The zero-order valence-electron chi connectivity index (χ0n) is 13.4. The maximum Gasteiger partial charge on any atom is 0.222 e. The van der Waals surface area contributed by atoms with E-state index in [1.54, 1.807) is 0 Å². The summed E-state index contributed by atoms with van der Waals surface area (Å²) in [6.45, 7) is 0. The van der Waals surface area contributed by atoms with E-state index in [0.29, 0.717) is 12.8 Å². The van der Waals surface area contributed by atoms with Crippen LogP contribution in [-0.2, 0) is 24.1 Å². The van der Waals surface area contributed by atoms with Crippen LogP contribution in [0.4, 0.5) is 5.69 Å². The normalized spacial score (nSPS) is 13.3. The van der Waals surface area contributed by atoms with E-state index in [1.165, 1.54) is 11.1 Å². The summed E-state index contributed by atoms with van der Waals surface area (Å²) >= 11 is 0. The smallest absolute Gasteiger partial charge is 0.222 e. The number of nitrogens with zero attached hydrogens (tertiary/aromatic N) is 1. The third-order valence-electron chi connectivity index (χ3n) is 4.63. The lowest BCUT2D eigenvalue weighted by Gasteiger charge is -2.24. The van der Waals surface area contributed by atoms with Gasteiger partial charge in [-0.3, -0.25) is 4.79 Å². The van der Waals surface area contributed by atoms with Crippen LogP contribution < -0.4 is 5.73 Å². The molecule has 1 aliphatic rings. The van der Waals surface area contributed by atoms with E-state index in [9.17, 15) is 4.79 Å². The number of fused-ring (bicyclic) bond motifs is 1. The third-order valence-corrected chi connectivity index (χ3v) is 4.63. The van der Waals surface area contributed by atoms with Crippen LogP contribution >= 0.6 is 12.4 Å². The molecule has 1 amide bonds. The largest absolute Gasteiger partial charge is 0.399 e. The van der Waals surface area contributed by atoms with Gasteiger partial charge in [-0.2, -0.15) is 0 Å². The summed E-state index contributed by atoms with van der Waals surface area (Å²) in [6.07, 6.45) is 3.14. The van der Waals surface area contributed by atoms with Gasteiger partial charge in [-0.1, -0.05) is 42.5 Å². The highest BCUT2D eigenvalue weighted by Crippen LogP contribution is 2.25. The molecule has 0 aromatic heterocycles. The molecule has 3 nitrogen and oxygen atoms in total. The van der Waals surface area contributed by atoms with Gasteiger partial charge in [0.05, 0.1) is 0 Å². The summed E-state index contributed by atoms with van der Waals surface area (Å²) in [5, 5.41) is 0. The van der Waals surface area contributed by atoms with Crippen LogP contribution in [0.3, 0.4) is 0 Å². The van der Waals surface area contributed by atoms with Crippen molar-refractivity contribution in [3.05, 3.63) is 65.2 Å². The highest BCUT2D eigenvalue weighted by Gasteiger charge is 2.26. The van der Waals surface area contributed by atoms with Crippen molar-refractivity contribution < 1.29 is 4.79 Å². The lowest BCUT2D eigenvalue weighted by Crippen LogP contribution is -2.37. The standard InChI is InChI=1S/C19H22N2O.ClH/c1-21(17-12-15-7-2-3-8-16(15)13-17)19(22)11-10-14-6-4-5-9-18(14)20;/h2-9,17H,10-13,20H2,1H3;1H. The molecule has 0 unspecified atom stereocenters. The van der Waals surface area contributed by atoms with Gasteiger partial charge in [0.25, 0.3) is 0 Å². The molecule has 0 heterocycles. The predicted molar refractivity (Wildman–Crippen MR) is 96.8 cm³/mol. The van der Waals surface area contributed by atoms with Crippen LogP contribution in [0.15, 0.2) is 48.5 Å². The zero-order valence-corrected chi connectivity index (χ0v) is 14.2. The van der Waals surface area contributed by atoms with E-state index in [-0.39, 0.29) is 24.4 Å². The molecule has 1 aliphatic carbocycles. The Bertz CT molecular complexity index is 662. The first-order valence-corrected chi connectivity index (χ1v) is 7.81. The molecule has 0 spiro atoms. The molecule has 2 aromatic rings. The molecule has 122 valence electrons. The number of likely N-dealkylation sites (N-methyl/N-ethyl adjacent to an activating group) is 1. The molecular weight excluding hydrogens is 308 g/mol. The molecule has 0 bridgehead atoms. The monoisotopic (exact) mass is 330 g/mol. The van der Waals surface area contributed by atoms with Crippen molar-refractivity contribution >= 4 is 24.0 Å². The quantitative estimate of drug-likeness (QED) is 0.875. The van der Waals surface area contributed by atoms with Gasteiger partial charge in [-0.05, 0) is 42.0 Å². The van der Waals surface area contributed by atoms with Gasteiger partial charge in [0.15, 0.2) is 0 Å². The van der Waals surface area contributed by atoms with Crippen LogP contribution in [0.5, 0.6) is 0 Å². The van der Waals surface area contributed by atoms with Crippen LogP contribution in [0, 0.1) is 0 Å². The van der Waals surface area contributed by atoms with Crippen molar-refractivity contribution in [2.24, 2.45) is 0 Å². The maximum absolute atomic E-state index is 12.5. The lowest BCUT2D eigenvalue weighted by molar-refractivity contribution is -0.131. The molecular formula is C19H23ClN2O. The van der Waals surface area contributed by atoms with Gasteiger partial charge >= 0.3 is 0 Å². The van der Waals surface area contributed by atoms with Gasteiger partial charge in [-0.15, -0.1) is 12.4 Å². The minimum Gasteiger partial charge on any atom is -0.399 e. The average Bonchev–Trinajstić information content (AvgIpc) is 2.97. The minimum atomic E-state index is 0. The Morgan fingerprint density at radius 3 is 2.26 bits per heavy atom. The molecule has 0 saturated heterocycles. The summed E-state index contributed by atoms with van der Waals surface area (Å²) in [4.78, 5) is 14.4. The zero-order chi connectivity index (χ0) is 15.5. The molecule has 0 fully saturated rings. The fourth-order valence-electron chi connectivity index (χ4n) is 3.19. The first-order valence-electron chi connectivity index (χ1n) is 7.81. The number of carbonyl (C=O) groups is 1. The van der Waals surface area contributed by atoms with E-state index < -0.39 is 0 Å². The van der Waals surface area contributed by atoms with E-state index in [2.05, 4.69) is 24.3 Å². The summed E-state index contributed by atoms with van der Waals surface area (Å²) in [5.41, 5.74) is 10.5. The number of benzene rings is 2. The van der Waals surface area contributed by atoms with Crippen LogP contribution in [0.25, 0.3) is 0 Å². The van der Waals surface area contributed by atoms with Crippen molar-refractivity contribution in [3.8, 4) is 0 Å².